The summed E-state index contributed by atoms with van der Waals surface area (Å²) in [4.78, 5) is 20.6. The summed E-state index contributed by atoms with van der Waals surface area (Å²) < 4.78 is 1.41. The molecule has 9 nitrogen and oxygen atoms in total. The molecule has 1 aromatic carbocycles. The first-order valence-corrected chi connectivity index (χ1v) is 5.76. The van der Waals surface area contributed by atoms with Gasteiger partial charge >= 0.3 is 5.97 Å². The Balaban J connectivity index is 2.08. The molecule has 0 saturated heterocycles. The van der Waals surface area contributed by atoms with Crippen LogP contribution in [0.15, 0.2) is 24.3 Å². The molecule has 0 radical (unpaired) electrons. The highest BCUT2D eigenvalue weighted by molar-refractivity contribution is 5.66. The number of benzene rings is 1. The van der Waals surface area contributed by atoms with Crippen molar-refractivity contribution >= 4 is 11.7 Å². The van der Waals surface area contributed by atoms with Gasteiger partial charge in [0.2, 0.25) is 0 Å². The maximum atomic E-state index is 10.5. The van der Waals surface area contributed by atoms with Crippen LogP contribution in [0.4, 0.5) is 5.69 Å². The topological polar surface area (TPSA) is 124 Å². The summed E-state index contributed by atoms with van der Waals surface area (Å²) in [5, 5.41) is 30.2. The Hall–Kier alpha value is -2.84. The number of nitrogens with zero attached hydrogens (tertiary/aromatic N) is 5. The van der Waals surface area contributed by atoms with E-state index in [-0.39, 0.29) is 18.7 Å². The molecular weight excluding hydrogens is 266 g/mol. The zero-order valence-electron chi connectivity index (χ0n) is 10.3. The van der Waals surface area contributed by atoms with Gasteiger partial charge in [-0.25, -0.2) is 4.68 Å². The minimum atomic E-state index is -0.929. The van der Waals surface area contributed by atoms with Crippen molar-refractivity contribution in [2.45, 2.75) is 19.4 Å². The number of carbonyl (C=O) groups is 1. The molecule has 20 heavy (non-hydrogen) atoms. The van der Waals surface area contributed by atoms with Crippen LogP contribution in [0.2, 0.25) is 0 Å². The highest BCUT2D eigenvalue weighted by atomic mass is 16.6. The highest BCUT2D eigenvalue weighted by Gasteiger charge is 2.10. The molecule has 0 unspecified atom stereocenters. The lowest BCUT2D eigenvalue weighted by Gasteiger charge is -2.03. The number of hydrogen-bond acceptors (Lipinski definition) is 6. The average molecular weight is 277 g/mol. The van der Waals surface area contributed by atoms with Gasteiger partial charge in [0.05, 0.1) is 17.9 Å². The van der Waals surface area contributed by atoms with Crippen molar-refractivity contribution in [1.29, 1.82) is 0 Å². The number of nitro groups is 1. The van der Waals surface area contributed by atoms with Gasteiger partial charge in [0.15, 0.2) is 5.82 Å². The summed E-state index contributed by atoms with van der Waals surface area (Å²) in [5.41, 5.74) is 0.821. The van der Waals surface area contributed by atoms with E-state index in [2.05, 4.69) is 15.5 Å². The van der Waals surface area contributed by atoms with E-state index in [0.29, 0.717) is 12.2 Å². The van der Waals surface area contributed by atoms with E-state index in [1.165, 1.54) is 16.8 Å². The summed E-state index contributed by atoms with van der Waals surface area (Å²) >= 11 is 0. The first kappa shape index (κ1) is 13.6. The molecule has 1 N–H and O–H groups in total. The van der Waals surface area contributed by atoms with Crippen LogP contribution in [0.3, 0.4) is 0 Å². The van der Waals surface area contributed by atoms with Crippen LogP contribution < -0.4 is 0 Å². The predicted octanol–water partition coefficient (Wildman–Crippen LogP) is 0.647. The highest BCUT2D eigenvalue weighted by Crippen LogP contribution is 2.14. The molecule has 0 fully saturated rings. The van der Waals surface area contributed by atoms with Crippen LogP contribution >= 0.6 is 0 Å². The maximum absolute atomic E-state index is 10.5. The first-order chi connectivity index (χ1) is 9.56. The number of non-ortho nitro benzene ring substituents is 1. The van der Waals surface area contributed by atoms with Crippen molar-refractivity contribution in [2.75, 3.05) is 0 Å². The lowest BCUT2D eigenvalue weighted by atomic mass is 10.1. The Morgan fingerprint density at radius 3 is 2.65 bits per heavy atom. The average Bonchev–Trinajstić information content (AvgIpc) is 2.84. The van der Waals surface area contributed by atoms with Gasteiger partial charge < -0.3 is 5.11 Å². The molecule has 0 amide bonds. The van der Waals surface area contributed by atoms with E-state index in [1.807, 2.05) is 0 Å². The minimum absolute atomic E-state index is 0.0132. The Morgan fingerprint density at radius 1 is 1.35 bits per heavy atom. The molecule has 0 aliphatic heterocycles. The monoisotopic (exact) mass is 277 g/mol. The Labute approximate surface area is 113 Å². The van der Waals surface area contributed by atoms with Crippen LogP contribution in [0.5, 0.6) is 0 Å². The zero-order chi connectivity index (χ0) is 14.5. The lowest BCUT2D eigenvalue weighted by Crippen LogP contribution is -2.10. The second-order valence-electron chi connectivity index (χ2n) is 4.06. The minimum Gasteiger partial charge on any atom is -0.481 e. The largest absolute Gasteiger partial charge is 0.481 e. The molecule has 1 heterocycles. The third-order valence-corrected chi connectivity index (χ3v) is 2.65. The molecule has 0 aliphatic carbocycles. The Bertz CT molecular complexity index is 622. The SMILES string of the molecule is O=C(O)CCn1nnnc1Cc1ccc([N+](=O)[O-])cc1. The number of aromatic nitrogens is 4. The number of tetrazole rings is 1. The summed E-state index contributed by atoms with van der Waals surface area (Å²) in [6.07, 6.45) is 0.308. The molecule has 104 valence electrons. The van der Waals surface area contributed by atoms with Crippen LogP contribution in [0.1, 0.15) is 17.8 Å². The van der Waals surface area contributed by atoms with Crippen LogP contribution in [0.25, 0.3) is 0 Å². The van der Waals surface area contributed by atoms with Crippen LogP contribution in [-0.4, -0.2) is 36.2 Å². The van der Waals surface area contributed by atoms with E-state index in [4.69, 9.17) is 5.11 Å². The number of aryl methyl sites for hydroxylation is 1. The molecule has 2 aromatic rings. The number of hydrogen-bond donors (Lipinski definition) is 1. The summed E-state index contributed by atoms with van der Waals surface area (Å²) in [6, 6.07) is 6.05. The molecule has 0 saturated carbocycles. The lowest BCUT2D eigenvalue weighted by molar-refractivity contribution is -0.384. The van der Waals surface area contributed by atoms with E-state index in [1.54, 1.807) is 12.1 Å². The third kappa shape index (κ3) is 3.34. The predicted molar refractivity (Wildman–Crippen MR) is 66.0 cm³/mol. The fraction of sp³-hybridized carbons (Fsp3) is 0.273. The van der Waals surface area contributed by atoms with Crippen molar-refractivity contribution in [1.82, 2.24) is 20.2 Å². The molecule has 0 bridgehead atoms. The van der Waals surface area contributed by atoms with E-state index >= 15 is 0 Å². The van der Waals surface area contributed by atoms with Gasteiger partial charge in [0, 0.05) is 18.6 Å². The van der Waals surface area contributed by atoms with Crippen LogP contribution in [0, 0.1) is 10.1 Å². The number of carboxylic acid groups (broad SMARTS) is 1. The number of carboxylic acids is 1. The smallest absolute Gasteiger partial charge is 0.305 e. The molecule has 0 spiro atoms. The Kier molecular flexibility index (Phi) is 3.99. The van der Waals surface area contributed by atoms with Crippen molar-refractivity contribution in [2.24, 2.45) is 0 Å². The molecule has 0 aliphatic rings. The van der Waals surface area contributed by atoms with Crippen molar-refractivity contribution in [3.8, 4) is 0 Å². The quantitative estimate of drug-likeness (QED) is 0.607. The van der Waals surface area contributed by atoms with E-state index < -0.39 is 10.9 Å². The standard InChI is InChI=1S/C11H11N5O4/c17-11(18)5-6-15-10(12-13-14-15)7-8-1-3-9(4-2-8)16(19)20/h1-4H,5-7H2,(H,17,18). The molecular formula is C11H11N5O4. The second-order valence-corrected chi connectivity index (χ2v) is 4.06. The third-order valence-electron chi connectivity index (χ3n) is 2.65. The molecule has 1 aromatic heterocycles. The normalized spacial score (nSPS) is 10.4. The fourth-order valence-corrected chi connectivity index (χ4v) is 1.64. The number of aliphatic carboxylic acids is 1. The second kappa shape index (κ2) is 5.87. The van der Waals surface area contributed by atoms with Crippen molar-refractivity contribution < 1.29 is 14.8 Å². The fourth-order valence-electron chi connectivity index (χ4n) is 1.64. The van der Waals surface area contributed by atoms with Gasteiger partial charge in [-0.1, -0.05) is 12.1 Å². The van der Waals surface area contributed by atoms with Gasteiger partial charge in [-0.05, 0) is 16.0 Å². The molecule has 9 heteroatoms. The van der Waals surface area contributed by atoms with Gasteiger partial charge in [0.1, 0.15) is 0 Å². The van der Waals surface area contributed by atoms with Crippen molar-refractivity contribution in [3.63, 3.8) is 0 Å². The van der Waals surface area contributed by atoms with E-state index in [9.17, 15) is 14.9 Å². The summed E-state index contributed by atoms with van der Waals surface area (Å²) in [5.74, 6) is -0.415. The zero-order valence-corrected chi connectivity index (χ0v) is 10.3. The summed E-state index contributed by atoms with van der Waals surface area (Å²) in [7, 11) is 0. The molecule has 2 rings (SSSR count). The summed E-state index contributed by atoms with van der Waals surface area (Å²) in [6.45, 7) is 0.185. The van der Waals surface area contributed by atoms with Gasteiger partial charge in [-0.15, -0.1) is 5.10 Å². The first-order valence-electron chi connectivity index (χ1n) is 5.76. The maximum Gasteiger partial charge on any atom is 0.305 e. The van der Waals surface area contributed by atoms with Gasteiger partial charge in [-0.3, -0.25) is 14.9 Å². The molecule has 0 atom stereocenters. The number of nitro benzene ring substituents is 1. The number of rotatable bonds is 6. The van der Waals surface area contributed by atoms with Crippen LogP contribution in [-0.2, 0) is 17.8 Å². The Morgan fingerprint density at radius 2 is 2.05 bits per heavy atom. The van der Waals surface area contributed by atoms with Gasteiger partial charge in [-0.2, -0.15) is 0 Å². The van der Waals surface area contributed by atoms with Crippen molar-refractivity contribution in [3.05, 3.63) is 45.8 Å². The van der Waals surface area contributed by atoms with E-state index in [0.717, 1.165) is 5.56 Å². The van der Waals surface area contributed by atoms with Gasteiger partial charge in [0.25, 0.3) is 5.69 Å².